The van der Waals surface area contributed by atoms with Crippen molar-refractivity contribution in [1.29, 1.82) is 0 Å². The number of phenols is 7. The van der Waals surface area contributed by atoms with Crippen LogP contribution in [0.1, 0.15) is 94.8 Å². The second kappa shape index (κ2) is 30.8. The quantitative estimate of drug-likeness (QED) is 0.0735. The summed E-state index contributed by atoms with van der Waals surface area (Å²) in [5, 5.41) is 62.4. The average Bonchev–Trinajstić information content (AvgIpc) is 3.32. The van der Waals surface area contributed by atoms with Crippen LogP contribution in [0, 0.1) is 27.7 Å². The van der Waals surface area contributed by atoms with Crippen molar-refractivity contribution in [3.8, 4) is 40.2 Å². The number of benzene rings is 7. The molecule has 7 rings (SSSR count). The second-order valence-electron chi connectivity index (χ2n) is 13.8. The van der Waals surface area contributed by atoms with Crippen LogP contribution in [0.3, 0.4) is 0 Å². The molecule has 0 spiro atoms. The first-order chi connectivity index (χ1) is 31.9. The Kier molecular flexibility index (Phi) is 25.7. The highest BCUT2D eigenvalue weighted by Crippen LogP contribution is 2.18. The highest BCUT2D eigenvalue weighted by Gasteiger charge is 2.00. The maximum atomic E-state index is 10.3. The fraction of sp³-hybridized carbons (Fsp3) is 0.0755. The molecule has 0 unspecified atom stereocenters. The van der Waals surface area contributed by atoms with Crippen molar-refractivity contribution in [3.05, 3.63) is 207 Å². The van der Waals surface area contributed by atoms with Gasteiger partial charge in [0.05, 0.1) is 5.56 Å². The van der Waals surface area contributed by atoms with Crippen LogP contribution in [0.2, 0.25) is 0 Å². The molecule has 0 bridgehead atoms. The molecule has 7 aromatic rings. The van der Waals surface area contributed by atoms with Crippen molar-refractivity contribution >= 4 is 44.0 Å². The number of carbonyl (C=O) groups is 7. The number of hydrogen-bond acceptors (Lipinski definition) is 14. The highest BCUT2D eigenvalue weighted by atomic mass is 16.3. The fourth-order valence-electron chi connectivity index (χ4n) is 4.91. The van der Waals surface area contributed by atoms with E-state index < -0.39 is 0 Å². The molecule has 0 aromatic heterocycles. The van der Waals surface area contributed by atoms with Crippen molar-refractivity contribution in [2.75, 3.05) is 0 Å². The van der Waals surface area contributed by atoms with Crippen LogP contribution < -0.4 is 0 Å². The number of carbonyl (C=O) groups excluding carboxylic acids is 7. The minimum atomic E-state index is 0.0347. The number of phenolic OH excluding ortho intramolecular Hbond substituents is 7. The Hall–Kier alpha value is -9.17. The molecule has 67 heavy (non-hydrogen) atoms. The van der Waals surface area contributed by atoms with Crippen molar-refractivity contribution in [1.82, 2.24) is 0 Å². The molecule has 0 amide bonds. The zero-order valence-electron chi connectivity index (χ0n) is 36.9. The molecular formula is C53H50O14. The largest absolute Gasteiger partial charge is 0.508 e. The van der Waals surface area contributed by atoms with Gasteiger partial charge in [-0.1, -0.05) is 36.4 Å². The van der Waals surface area contributed by atoms with Crippen LogP contribution in [0.15, 0.2) is 146 Å². The van der Waals surface area contributed by atoms with Crippen LogP contribution in [0.25, 0.3) is 0 Å². The van der Waals surface area contributed by atoms with Crippen LogP contribution in [-0.4, -0.2) is 79.7 Å². The third-order valence-corrected chi connectivity index (χ3v) is 8.53. The predicted molar refractivity (Wildman–Crippen MR) is 253 cm³/mol. The first-order valence-electron chi connectivity index (χ1n) is 19.7. The summed E-state index contributed by atoms with van der Waals surface area (Å²) in [6.07, 6.45) is 5.03. The second-order valence-corrected chi connectivity index (χ2v) is 13.8. The molecule has 346 valence electrons. The standard InChI is InChI=1S/4C8H8O2.3C7H6O2/c1-6-2-7(5-9)4-8(10)3-6;1-6-4-8(10)3-2-7(6)5-9;1-6-4-7(5-9)2-3-8(6)10;1-6-7(5-9)3-2-4-8(6)10;8-5-6-1-3-7(9)4-2-6;8-5-6-2-1-3-7(9)4-6;8-5-6-3-1-2-4-7(6)9/h4*2-5,10H,1H3;3*1-5,9H. The lowest BCUT2D eigenvalue weighted by Crippen LogP contribution is -1.84. The molecular weight excluding hydrogens is 861 g/mol. The monoisotopic (exact) mass is 910 g/mol. The Morgan fingerprint density at radius 1 is 0.299 bits per heavy atom. The highest BCUT2D eigenvalue weighted by molar-refractivity contribution is 5.80. The summed E-state index contributed by atoms with van der Waals surface area (Å²) in [5.74, 6) is 1.08. The lowest BCUT2D eigenvalue weighted by molar-refractivity contribution is 0.111. The van der Waals surface area contributed by atoms with E-state index in [1.165, 1.54) is 48.5 Å². The topological polar surface area (TPSA) is 261 Å². The van der Waals surface area contributed by atoms with E-state index >= 15 is 0 Å². The molecule has 0 radical (unpaired) electrons. The van der Waals surface area contributed by atoms with E-state index in [4.69, 9.17) is 35.7 Å². The minimum Gasteiger partial charge on any atom is -0.508 e. The number of aldehydes is 7. The molecule has 0 saturated carbocycles. The van der Waals surface area contributed by atoms with E-state index in [0.717, 1.165) is 41.8 Å². The Balaban J connectivity index is 0.000000391. The molecule has 0 saturated heterocycles. The van der Waals surface area contributed by atoms with Gasteiger partial charge in [-0.05, 0) is 154 Å². The van der Waals surface area contributed by atoms with Gasteiger partial charge in [0, 0.05) is 38.9 Å². The van der Waals surface area contributed by atoms with Crippen LogP contribution >= 0.6 is 0 Å². The molecule has 0 aliphatic carbocycles. The smallest absolute Gasteiger partial charge is 0.153 e. The summed E-state index contributed by atoms with van der Waals surface area (Å²) in [4.78, 5) is 71.1. The third kappa shape index (κ3) is 22.1. The number of hydrogen-bond donors (Lipinski definition) is 7. The van der Waals surface area contributed by atoms with Crippen molar-refractivity contribution in [2.24, 2.45) is 0 Å². The molecule has 0 aliphatic rings. The average molecular weight is 911 g/mol. The number of aromatic hydroxyl groups is 7. The van der Waals surface area contributed by atoms with Gasteiger partial charge in [0.1, 0.15) is 78.0 Å². The first-order valence-corrected chi connectivity index (χ1v) is 19.7. The van der Waals surface area contributed by atoms with E-state index in [-0.39, 0.29) is 40.2 Å². The van der Waals surface area contributed by atoms with Crippen molar-refractivity contribution < 1.29 is 69.3 Å². The molecule has 0 aliphatic heterocycles. The van der Waals surface area contributed by atoms with Gasteiger partial charge < -0.3 is 35.7 Å². The Labute approximate surface area is 387 Å². The van der Waals surface area contributed by atoms with E-state index in [0.29, 0.717) is 63.4 Å². The van der Waals surface area contributed by atoms with Crippen LogP contribution in [0.5, 0.6) is 40.2 Å². The molecule has 0 fully saturated rings. The Bertz CT molecular complexity index is 2670. The number of aryl methyl sites for hydroxylation is 3. The zero-order valence-corrected chi connectivity index (χ0v) is 36.9. The van der Waals surface area contributed by atoms with Gasteiger partial charge in [-0.2, -0.15) is 0 Å². The minimum absolute atomic E-state index is 0.0347. The van der Waals surface area contributed by atoms with Gasteiger partial charge in [-0.3, -0.25) is 33.6 Å². The molecule has 14 nitrogen and oxygen atoms in total. The van der Waals surface area contributed by atoms with E-state index in [9.17, 15) is 33.6 Å². The Morgan fingerprint density at radius 2 is 0.791 bits per heavy atom. The van der Waals surface area contributed by atoms with E-state index in [1.54, 1.807) is 118 Å². The van der Waals surface area contributed by atoms with Gasteiger partial charge in [0.15, 0.2) is 6.29 Å². The molecule has 0 atom stereocenters. The summed E-state index contributed by atoms with van der Waals surface area (Å²) >= 11 is 0. The van der Waals surface area contributed by atoms with Crippen molar-refractivity contribution in [2.45, 2.75) is 27.7 Å². The van der Waals surface area contributed by atoms with E-state index in [1.807, 2.05) is 6.92 Å². The lowest BCUT2D eigenvalue weighted by atomic mass is 10.1. The van der Waals surface area contributed by atoms with Crippen molar-refractivity contribution in [3.63, 3.8) is 0 Å². The predicted octanol–water partition coefficient (Wildman–Crippen LogP) is 9.67. The summed E-state index contributed by atoms with van der Waals surface area (Å²) < 4.78 is 0. The first kappa shape index (κ1) is 55.8. The summed E-state index contributed by atoms with van der Waals surface area (Å²) in [7, 11) is 0. The van der Waals surface area contributed by atoms with E-state index in [2.05, 4.69) is 0 Å². The van der Waals surface area contributed by atoms with Gasteiger partial charge in [-0.25, -0.2) is 0 Å². The SMILES string of the molecule is Cc1c(O)cccc1C=O.Cc1cc(C=O)ccc1O.Cc1cc(O)cc(C=O)c1.Cc1cc(O)ccc1C=O.O=Cc1ccc(O)cc1.O=Cc1cccc(O)c1.O=Cc1ccccc1O. The normalized spacial score (nSPS) is 9.13. The molecule has 0 heterocycles. The summed E-state index contributed by atoms with van der Waals surface area (Å²) in [6.45, 7) is 7.07. The fourth-order valence-corrected chi connectivity index (χ4v) is 4.91. The van der Waals surface area contributed by atoms with Gasteiger partial charge in [0.2, 0.25) is 0 Å². The number of rotatable bonds is 7. The molecule has 14 heteroatoms. The third-order valence-electron chi connectivity index (χ3n) is 8.53. The van der Waals surface area contributed by atoms with Gasteiger partial charge >= 0.3 is 0 Å². The van der Waals surface area contributed by atoms with Gasteiger partial charge in [0.25, 0.3) is 0 Å². The summed E-state index contributed by atoms with van der Waals surface area (Å²) in [5.41, 5.74) is 6.73. The molecule has 7 aromatic carbocycles. The maximum Gasteiger partial charge on any atom is 0.153 e. The summed E-state index contributed by atoms with van der Waals surface area (Å²) in [6, 6.07) is 37.7. The van der Waals surface area contributed by atoms with Crippen LogP contribution in [-0.2, 0) is 0 Å². The zero-order chi connectivity index (χ0) is 50.3. The van der Waals surface area contributed by atoms with Crippen LogP contribution in [0.4, 0.5) is 0 Å². The number of para-hydroxylation sites is 1. The maximum absolute atomic E-state index is 10.3. The lowest BCUT2D eigenvalue weighted by Gasteiger charge is -1.98. The molecule has 7 N–H and O–H groups in total. The van der Waals surface area contributed by atoms with Gasteiger partial charge in [-0.15, -0.1) is 0 Å². The Morgan fingerprint density at radius 3 is 1.27 bits per heavy atom.